The Kier molecular flexibility index (Phi) is 3.57. The molecule has 2 N–H and O–H groups in total. The summed E-state index contributed by atoms with van der Waals surface area (Å²) in [5.41, 5.74) is 2.85. The maximum absolute atomic E-state index is 9.81. The summed E-state index contributed by atoms with van der Waals surface area (Å²) in [6, 6.07) is 1.96. The smallest absolute Gasteiger partial charge is 0.176 e. The van der Waals surface area contributed by atoms with Crippen LogP contribution in [0, 0.1) is 0 Å². The van der Waals surface area contributed by atoms with Gasteiger partial charge in [0.1, 0.15) is 0 Å². The van der Waals surface area contributed by atoms with Crippen LogP contribution in [0.2, 0.25) is 0 Å². The van der Waals surface area contributed by atoms with Gasteiger partial charge in [0.2, 0.25) is 0 Å². The van der Waals surface area contributed by atoms with Crippen molar-refractivity contribution in [1.82, 2.24) is 14.6 Å². The summed E-state index contributed by atoms with van der Waals surface area (Å²) in [5, 5.41) is 17.5. The second-order valence-corrected chi connectivity index (χ2v) is 5.28. The summed E-state index contributed by atoms with van der Waals surface area (Å²) in [6.07, 6.45) is 5.55. The molecule has 0 aliphatic carbocycles. The Morgan fingerprint density at radius 3 is 2.89 bits per heavy atom. The molecule has 0 unspecified atom stereocenters. The van der Waals surface area contributed by atoms with Crippen molar-refractivity contribution in [3.63, 3.8) is 0 Å². The Balaban J connectivity index is 2.43. The van der Waals surface area contributed by atoms with Gasteiger partial charge in [0.05, 0.1) is 17.0 Å². The molecular formula is C14H20N4O. The summed E-state index contributed by atoms with van der Waals surface area (Å²) in [4.78, 5) is 4.28. The highest BCUT2D eigenvalue weighted by molar-refractivity contribution is 5.72. The first-order valence-corrected chi connectivity index (χ1v) is 6.34. The minimum absolute atomic E-state index is 0.452. The molecule has 0 radical (unpaired) electrons. The van der Waals surface area contributed by atoms with Crippen LogP contribution in [0.15, 0.2) is 24.5 Å². The van der Waals surface area contributed by atoms with Crippen molar-refractivity contribution >= 4 is 16.9 Å². The van der Waals surface area contributed by atoms with Crippen molar-refractivity contribution in [3.8, 4) is 0 Å². The molecule has 0 aliphatic rings. The van der Waals surface area contributed by atoms with E-state index in [9.17, 15) is 5.11 Å². The number of rotatable bonds is 4. The van der Waals surface area contributed by atoms with Crippen molar-refractivity contribution in [1.29, 1.82) is 0 Å². The molecule has 0 aliphatic heterocycles. The molecule has 0 aromatic carbocycles. The highest BCUT2D eigenvalue weighted by Gasteiger charge is 2.14. The van der Waals surface area contributed by atoms with Crippen LogP contribution in [0.4, 0.5) is 5.69 Å². The Labute approximate surface area is 113 Å². The lowest BCUT2D eigenvalue weighted by molar-refractivity contribution is 0.0945. The monoisotopic (exact) mass is 260 g/mol. The predicted molar refractivity (Wildman–Crippen MR) is 77.1 cm³/mol. The normalized spacial score (nSPS) is 13.0. The minimum Gasteiger partial charge on any atom is -0.389 e. The van der Waals surface area contributed by atoms with Crippen LogP contribution in [-0.4, -0.2) is 31.9 Å². The molecule has 0 saturated heterocycles. The molecule has 102 valence electrons. The highest BCUT2D eigenvalue weighted by atomic mass is 16.3. The topological polar surface area (TPSA) is 62.5 Å². The number of aliphatic hydroxyl groups is 1. The van der Waals surface area contributed by atoms with E-state index in [1.807, 2.05) is 32.2 Å². The van der Waals surface area contributed by atoms with E-state index >= 15 is 0 Å². The third kappa shape index (κ3) is 3.12. The molecule has 5 heteroatoms. The fourth-order valence-electron chi connectivity index (χ4n) is 1.70. The minimum atomic E-state index is -0.775. The lowest BCUT2D eigenvalue weighted by atomic mass is 10.1. The maximum atomic E-state index is 9.81. The molecule has 0 atom stereocenters. The molecule has 5 nitrogen and oxygen atoms in total. The van der Waals surface area contributed by atoms with Gasteiger partial charge in [-0.2, -0.15) is 5.10 Å². The Hall–Kier alpha value is -1.88. The Morgan fingerprint density at radius 1 is 1.53 bits per heavy atom. The van der Waals surface area contributed by atoms with Crippen LogP contribution in [0.3, 0.4) is 0 Å². The van der Waals surface area contributed by atoms with Gasteiger partial charge in [-0.05, 0) is 39.3 Å². The zero-order valence-corrected chi connectivity index (χ0v) is 11.8. The van der Waals surface area contributed by atoms with Crippen LogP contribution >= 0.6 is 0 Å². The Morgan fingerprint density at radius 2 is 2.26 bits per heavy atom. The highest BCUT2D eigenvalue weighted by Crippen LogP contribution is 2.20. The number of hydrogen-bond acceptors (Lipinski definition) is 4. The summed E-state index contributed by atoms with van der Waals surface area (Å²) < 4.78 is 1.75. The van der Waals surface area contributed by atoms with E-state index in [2.05, 4.69) is 15.4 Å². The Bertz CT molecular complexity index is 607. The average Bonchev–Trinajstić information content (AvgIpc) is 2.81. The van der Waals surface area contributed by atoms with Crippen LogP contribution in [-0.2, 0) is 0 Å². The van der Waals surface area contributed by atoms with Gasteiger partial charge in [-0.25, -0.2) is 9.50 Å². The molecule has 2 rings (SSSR count). The van der Waals surface area contributed by atoms with E-state index in [4.69, 9.17) is 0 Å². The van der Waals surface area contributed by atoms with Gasteiger partial charge >= 0.3 is 0 Å². The third-order valence-corrected chi connectivity index (χ3v) is 2.91. The molecule has 19 heavy (non-hydrogen) atoms. The summed E-state index contributed by atoms with van der Waals surface area (Å²) >= 11 is 0. The number of anilines is 1. The van der Waals surface area contributed by atoms with E-state index in [0.717, 1.165) is 22.6 Å². The van der Waals surface area contributed by atoms with E-state index in [1.54, 1.807) is 24.6 Å². The van der Waals surface area contributed by atoms with Crippen molar-refractivity contribution in [3.05, 3.63) is 30.2 Å². The predicted octanol–water partition coefficient (Wildman–Crippen LogP) is 2.34. The number of imidazole rings is 1. The SMILES string of the molecule is C/C=C(\C)c1cc(NCC(C)(C)O)c2nccn2n1. The van der Waals surface area contributed by atoms with Gasteiger partial charge in [0.15, 0.2) is 5.65 Å². The van der Waals surface area contributed by atoms with Gasteiger partial charge in [-0.1, -0.05) is 6.08 Å². The summed E-state index contributed by atoms with van der Waals surface area (Å²) in [5.74, 6) is 0. The standard InChI is InChI=1S/C14H20N4O/c1-5-10(2)11-8-12(16-9-14(3,4)19)13-15-6-7-18(13)17-11/h5-8,16,19H,9H2,1-4H3/b10-5+. The van der Waals surface area contributed by atoms with Gasteiger partial charge in [-0.3, -0.25) is 0 Å². The van der Waals surface area contributed by atoms with Gasteiger partial charge in [-0.15, -0.1) is 0 Å². The van der Waals surface area contributed by atoms with Crippen LogP contribution in [0.25, 0.3) is 11.2 Å². The van der Waals surface area contributed by atoms with Crippen molar-refractivity contribution in [2.45, 2.75) is 33.3 Å². The number of aromatic nitrogens is 3. The quantitative estimate of drug-likeness (QED) is 0.885. The zero-order valence-electron chi connectivity index (χ0n) is 11.8. The second-order valence-electron chi connectivity index (χ2n) is 5.28. The van der Waals surface area contributed by atoms with Crippen molar-refractivity contribution in [2.24, 2.45) is 0 Å². The number of nitrogens with one attached hydrogen (secondary N) is 1. The van der Waals surface area contributed by atoms with E-state index in [0.29, 0.717) is 6.54 Å². The maximum Gasteiger partial charge on any atom is 0.176 e. The van der Waals surface area contributed by atoms with E-state index in [1.165, 1.54) is 0 Å². The number of nitrogens with zero attached hydrogens (tertiary/aromatic N) is 3. The van der Waals surface area contributed by atoms with Gasteiger partial charge in [0, 0.05) is 18.9 Å². The lowest BCUT2D eigenvalue weighted by Crippen LogP contribution is -2.29. The molecule has 0 fully saturated rings. The molecule has 0 amide bonds. The largest absolute Gasteiger partial charge is 0.389 e. The molecule has 0 bridgehead atoms. The van der Waals surface area contributed by atoms with Crippen LogP contribution in [0.1, 0.15) is 33.4 Å². The first kappa shape index (κ1) is 13.5. The third-order valence-electron chi connectivity index (χ3n) is 2.91. The first-order chi connectivity index (χ1) is 8.90. The summed E-state index contributed by atoms with van der Waals surface area (Å²) in [7, 11) is 0. The molecule has 2 aromatic heterocycles. The molecule has 2 aromatic rings. The first-order valence-electron chi connectivity index (χ1n) is 6.34. The van der Waals surface area contributed by atoms with Crippen molar-refractivity contribution in [2.75, 3.05) is 11.9 Å². The van der Waals surface area contributed by atoms with Gasteiger partial charge in [0.25, 0.3) is 0 Å². The zero-order chi connectivity index (χ0) is 14.0. The summed E-state index contributed by atoms with van der Waals surface area (Å²) in [6.45, 7) is 7.99. The fraction of sp³-hybridized carbons (Fsp3) is 0.429. The molecule has 0 saturated carbocycles. The van der Waals surface area contributed by atoms with Crippen LogP contribution < -0.4 is 5.32 Å². The lowest BCUT2D eigenvalue weighted by Gasteiger charge is -2.19. The number of hydrogen-bond donors (Lipinski definition) is 2. The van der Waals surface area contributed by atoms with Crippen molar-refractivity contribution < 1.29 is 5.11 Å². The van der Waals surface area contributed by atoms with Crippen LogP contribution in [0.5, 0.6) is 0 Å². The number of fused-ring (bicyclic) bond motifs is 1. The van der Waals surface area contributed by atoms with E-state index in [-0.39, 0.29) is 0 Å². The van der Waals surface area contributed by atoms with E-state index < -0.39 is 5.60 Å². The van der Waals surface area contributed by atoms with Gasteiger partial charge < -0.3 is 10.4 Å². The fourth-order valence-corrected chi connectivity index (χ4v) is 1.70. The second kappa shape index (κ2) is 5.01. The molecule has 0 spiro atoms. The average molecular weight is 260 g/mol. The number of allylic oxidation sites excluding steroid dienone is 2. The molecule has 2 heterocycles. The molecular weight excluding hydrogens is 240 g/mol.